The lowest BCUT2D eigenvalue weighted by atomic mass is 10.1. The quantitative estimate of drug-likeness (QED) is 0.526. The van der Waals surface area contributed by atoms with Gasteiger partial charge in [-0.25, -0.2) is 9.78 Å². The summed E-state index contributed by atoms with van der Waals surface area (Å²) < 4.78 is 14.6. The first-order valence-corrected chi connectivity index (χ1v) is 11.1. The fourth-order valence-corrected chi connectivity index (χ4v) is 3.81. The summed E-state index contributed by atoms with van der Waals surface area (Å²) in [4.78, 5) is 41.4. The van der Waals surface area contributed by atoms with Crippen LogP contribution in [-0.4, -0.2) is 57.0 Å². The third-order valence-electron chi connectivity index (χ3n) is 5.36. The molecule has 0 spiro atoms. The van der Waals surface area contributed by atoms with Crippen molar-refractivity contribution >= 4 is 34.9 Å². The smallest absolute Gasteiger partial charge is 0.407 e. The highest BCUT2D eigenvalue weighted by Gasteiger charge is 2.22. The number of alkyl carbamates (subject to hydrolysis) is 1. The number of nitrogens with zero attached hydrogens (tertiary/aromatic N) is 4. The summed E-state index contributed by atoms with van der Waals surface area (Å²) in [6.07, 6.45) is 0.487. The molecular weight excluding hydrogens is 442 g/mol. The molecule has 1 aliphatic rings. The van der Waals surface area contributed by atoms with Gasteiger partial charge in [0, 0.05) is 25.2 Å². The number of carbonyl (C=O) groups excluding carboxylic acids is 3. The second-order valence-electron chi connectivity index (χ2n) is 7.85. The van der Waals surface area contributed by atoms with Crippen molar-refractivity contribution in [1.82, 2.24) is 24.6 Å². The molecule has 34 heavy (non-hydrogen) atoms. The molecule has 3 aromatic rings. The summed E-state index contributed by atoms with van der Waals surface area (Å²) in [5, 5.41) is 9.84. The number of nitrogens with one attached hydrogen (secondary N) is 2. The number of imidazole rings is 1. The van der Waals surface area contributed by atoms with Crippen LogP contribution in [0.3, 0.4) is 0 Å². The number of aryl methyl sites for hydroxylation is 3. The Labute approximate surface area is 195 Å². The molecular formula is C22H27N7O5. The molecule has 1 aromatic carbocycles. The van der Waals surface area contributed by atoms with Gasteiger partial charge in [0.25, 0.3) is 5.91 Å². The average molecular weight is 470 g/mol. The van der Waals surface area contributed by atoms with Crippen LogP contribution in [0, 0.1) is 6.92 Å². The number of hydrogen-bond acceptors (Lipinski definition) is 7. The molecule has 0 aliphatic carbocycles. The van der Waals surface area contributed by atoms with Crippen LogP contribution < -0.4 is 21.1 Å². The van der Waals surface area contributed by atoms with E-state index in [-0.39, 0.29) is 30.6 Å². The zero-order chi connectivity index (χ0) is 24.2. The fourth-order valence-electron chi connectivity index (χ4n) is 3.81. The molecule has 3 heterocycles. The Balaban J connectivity index is 1.77. The molecule has 0 saturated heterocycles. The minimum Gasteiger partial charge on any atom is -0.491 e. The molecule has 1 aliphatic heterocycles. The second kappa shape index (κ2) is 9.81. The number of primary amides is 1. The van der Waals surface area contributed by atoms with Gasteiger partial charge in [0.1, 0.15) is 17.0 Å². The Morgan fingerprint density at radius 3 is 2.76 bits per heavy atom. The van der Waals surface area contributed by atoms with E-state index in [0.29, 0.717) is 55.0 Å². The Morgan fingerprint density at radius 2 is 2.00 bits per heavy atom. The van der Waals surface area contributed by atoms with E-state index >= 15 is 0 Å². The van der Waals surface area contributed by atoms with Crippen molar-refractivity contribution in [3.8, 4) is 5.75 Å². The molecule has 0 radical (unpaired) electrons. The van der Waals surface area contributed by atoms with Crippen molar-refractivity contribution in [3.05, 3.63) is 35.2 Å². The van der Waals surface area contributed by atoms with E-state index in [9.17, 15) is 14.4 Å². The first kappa shape index (κ1) is 23.1. The van der Waals surface area contributed by atoms with Crippen molar-refractivity contribution in [3.63, 3.8) is 0 Å². The maximum absolute atomic E-state index is 13.1. The van der Waals surface area contributed by atoms with Gasteiger partial charge >= 0.3 is 6.09 Å². The van der Waals surface area contributed by atoms with Crippen LogP contribution in [0.1, 0.15) is 46.3 Å². The van der Waals surface area contributed by atoms with Gasteiger partial charge in [-0.3, -0.25) is 19.6 Å². The molecule has 0 fully saturated rings. The Kier molecular flexibility index (Phi) is 6.66. The molecule has 0 saturated carbocycles. The molecule has 180 valence electrons. The van der Waals surface area contributed by atoms with Crippen LogP contribution in [-0.2, 0) is 17.8 Å². The minimum absolute atomic E-state index is 0.177. The number of cyclic esters (lactones) is 1. The van der Waals surface area contributed by atoms with Gasteiger partial charge < -0.3 is 25.1 Å². The summed E-state index contributed by atoms with van der Waals surface area (Å²) in [6, 6.07) is 4.84. The normalized spacial score (nSPS) is 14.7. The van der Waals surface area contributed by atoms with Gasteiger partial charge in [-0.1, -0.05) is 0 Å². The van der Waals surface area contributed by atoms with Gasteiger partial charge in [0.05, 0.1) is 24.4 Å². The summed E-state index contributed by atoms with van der Waals surface area (Å²) >= 11 is 0. The molecule has 2 aromatic heterocycles. The maximum Gasteiger partial charge on any atom is 0.407 e. The number of nitrogens with two attached hydrogens (primary N) is 1. The number of anilines is 1. The van der Waals surface area contributed by atoms with Crippen molar-refractivity contribution in [2.45, 2.75) is 39.8 Å². The van der Waals surface area contributed by atoms with Crippen molar-refractivity contribution < 1.29 is 23.9 Å². The summed E-state index contributed by atoms with van der Waals surface area (Å²) in [5.41, 5.74) is 7.95. The second-order valence-corrected chi connectivity index (χ2v) is 7.85. The first-order valence-electron chi connectivity index (χ1n) is 11.1. The molecule has 12 heteroatoms. The lowest BCUT2D eigenvalue weighted by Gasteiger charge is -2.13. The zero-order valence-electron chi connectivity index (χ0n) is 19.1. The number of ether oxygens (including phenoxy) is 2. The van der Waals surface area contributed by atoms with E-state index in [1.54, 1.807) is 27.4 Å². The van der Waals surface area contributed by atoms with E-state index in [1.165, 1.54) is 0 Å². The summed E-state index contributed by atoms with van der Waals surface area (Å²) in [5.74, 6) is -0.300. The van der Waals surface area contributed by atoms with Crippen LogP contribution >= 0.6 is 0 Å². The van der Waals surface area contributed by atoms with Crippen LogP contribution in [0.4, 0.5) is 10.7 Å². The minimum atomic E-state index is -0.618. The van der Waals surface area contributed by atoms with E-state index in [4.69, 9.17) is 15.2 Å². The highest BCUT2D eigenvalue weighted by molar-refractivity contribution is 6.04. The first-order chi connectivity index (χ1) is 16.4. The predicted octanol–water partition coefficient (Wildman–Crippen LogP) is 1.81. The van der Waals surface area contributed by atoms with Crippen LogP contribution in [0.15, 0.2) is 18.2 Å². The number of benzene rings is 1. The monoisotopic (exact) mass is 469 g/mol. The highest BCUT2D eigenvalue weighted by Crippen LogP contribution is 2.31. The molecule has 0 bridgehead atoms. The van der Waals surface area contributed by atoms with Gasteiger partial charge in [0.2, 0.25) is 11.9 Å². The van der Waals surface area contributed by atoms with Crippen molar-refractivity contribution in [2.24, 2.45) is 5.73 Å². The fraction of sp³-hybridized carbons (Fsp3) is 0.409. The van der Waals surface area contributed by atoms with Crippen LogP contribution in [0.25, 0.3) is 11.0 Å². The van der Waals surface area contributed by atoms with E-state index in [1.807, 2.05) is 13.8 Å². The highest BCUT2D eigenvalue weighted by atomic mass is 16.5. The topological polar surface area (TPSA) is 155 Å². The largest absolute Gasteiger partial charge is 0.491 e. The standard InChI is InChI=1S/C22H27N7O5/c1-3-29-16(10-13(2)27-29)20(31)26-21-25-15-11-14(19(23)30)12-17-18(15)28(21)7-5-9-34-22(32)24-6-4-8-33-17/h10-12H,3-9H2,1-2H3,(H2,23,30)(H,24,32)(H,25,26,31). The van der Waals surface area contributed by atoms with Gasteiger partial charge in [-0.05, 0) is 44.9 Å². The molecule has 0 atom stereocenters. The molecule has 3 amide bonds. The van der Waals surface area contributed by atoms with Gasteiger partial charge in [-0.15, -0.1) is 0 Å². The number of rotatable bonds is 4. The molecule has 4 N–H and O–H groups in total. The van der Waals surface area contributed by atoms with E-state index < -0.39 is 12.0 Å². The maximum atomic E-state index is 13.1. The third-order valence-corrected chi connectivity index (χ3v) is 5.36. The lowest BCUT2D eigenvalue weighted by molar-refractivity contribution is 0.0995. The zero-order valence-corrected chi connectivity index (χ0v) is 19.1. The number of aromatic nitrogens is 4. The summed E-state index contributed by atoms with van der Waals surface area (Å²) in [7, 11) is 0. The van der Waals surface area contributed by atoms with E-state index in [0.717, 1.165) is 5.69 Å². The molecule has 4 rings (SSSR count). The lowest BCUT2D eigenvalue weighted by Crippen LogP contribution is -2.26. The van der Waals surface area contributed by atoms with Crippen molar-refractivity contribution in [1.29, 1.82) is 0 Å². The van der Waals surface area contributed by atoms with Gasteiger partial charge in [-0.2, -0.15) is 5.10 Å². The van der Waals surface area contributed by atoms with E-state index in [2.05, 4.69) is 20.7 Å². The SMILES string of the molecule is CCn1nc(C)cc1C(=O)Nc1nc2cc(C(N)=O)cc3c2n1CCCOC(=O)NCCCO3. The Hall–Kier alpha value is -4.09. The van der Waals surface area contributed by atoms with Gasteiger partial charge in [0.15, 0.2) is 0 Å². The number of amides is 3. The number of carbonyl (C=O) groups is 3. The Morgan fingerprint density at radius 1 is 1.21 bits per heavy atom. The van der Waals surface area contributed by atoms with Crippen LogP contribution in [0.5, 0.6) is 5.75 Å². The predicted molar refractivity (Wildman–Crippen MR) is 123 cm³/mol. The third kappa shape index (κ3) is 4.80. The van der Waals surface area contributed by atoms with Crippen molar-refractivity contribution in [2.75, 3.05) is 25.1 Å². The number of hydrogen-bond donors (Lipinski definition) is 3. The molecule has 0 unspecified atom stereocenters. The van der Waals surface area contributed by atoms with Crippen LogP contribution in [0.2, 0.25) is 0 Å². The summed E-state index contributed by atoms with van der Waals surface area (Å²) in [6.45, 7) is 5.45. The molecule has 12 nitrogen and oxygen atoms in total. The Bertz CT molecular complexity index is 1250. The average Bonchev–Trinajstić information content (AvgIpc) is 3.35.